The molecular formula is C15H22N2O2. The van der Waals surface area contributed by atoms with E-state index in [0.717, 1.165) is 5.56 Å². The van der Waals surface area contributed by atoms with Crippen LogP contribution in [-0.4, -0.2) is 42.1 Å². The van der Waals surface area contributed by atoms with Gasteiger partial charge in [-0.3, -0.25) is 4.79 Å². The minimum atomic E-state index is -0.472. The van der Waals surface area contributed by atoms with Crippen molar-refractivity contribution in [3.05, 3.63) is 35.9 Å². The van der Waals surface area contributed by atoms with Crippen LogP contribution in [0.15, 0.2) is 30.3 Å². The number of hydrogen-bond donors (Lipinski definition) is 1. The summed E-state index contributed by atoms with van der Waals surface area (Å²) in [6.07, 6.45) is 0.744. The number of rotatable bonds is 3. The molecule has 2 N–H and O–H groups in total. The number of hydrogen-bond acceptors (Lipinski definition) is 3. The first-order chi connectivity index (χ1) is 9.06. The highest BCUT2D eigenvalue weighted by atomic mass is 16.5. The lowest BCUT2D eigenvalue weighted by Crippen LogP contribution is -2.53. The zero-order valence-corrected chi connectivity index (χ0v) is 11.6. The summed E-state index contributed by atoms with van der Waals surface area (Å²) in [4.78, 5) is 14.2. The summed E-state index contributed by atoms with van der Waals surface area (Å²) in [6, 6.07) is 9.41. The maximum absolute atomic E-state index is 12.3. The number of nitrogens with two attached hydrogens (primary N) is 1. The first kappa shape index (κ1) is 14.0. The topological polar surface area (TPSA) is 55.6 Å². The normalized spacial score (nSPS) is 25.1. The van der Waals surface area contributed by atoms with Gasteiger partial charge in [-0.1, -0.05) is 30.3 Å². The largest absolute Gasteiger partial charge is 0.372 e. The number of morpholine rings is 1. The van der Waals surface area contributed by atoms with Gasteiger partial charge in [-0.2, -0.15) is 0 Å². The van der Waals surface area contributed by atoms with E-state index in [2.05, 4.69) is 0 Å². The van der Waals surface area contributed by atoms with Gasteiger partial charge in [0.25, 0.3) is 0 Å². The lowest BCUT2D eigenvalue weighted by atomic mass is 10.0. The predicted molar refractivity (Wildman–Crippen MR) is 74.7 cm³/mol. The number of benzene rings is 1. The van der Waals surface area contributed by atoms with Crippen LogP contribution < -0.4 is 5.73 Å². The molecule has 1 aliphatic heterocycles. The molecule has 0 radical (unpaired) electrons. The highest BCUT2D eigenvalue weighted by Gasteiger charge is 2.28. The van der Waals surface area contributed by atoms with E-state index in [1.807, 2.05) is 49.1 Å². The zero-order valence-electron chi connectivity index (χ0n) is 11.6. The Labute approximate surface area is 114 Å². The fourth-order valence-electron chi connectivity index (χ4n) is 2.55. The molecule has 1 amide bonds. The Morgan fingerprint density at radius 1 is 1.32 bits per heavy atom. The van der Waals surface area contributed by atoms with Crippen molar-refractivity contribution in [1.29, 1.82) is 0 Å². The summed E-state index contributed by atoms with van der Waals surface area (Å²) in [6.45, 7) is 5.23. The average Bonchev–Trinajstić information content (AvgIpc) is 2.37. The van der Waals surface area contributed by atoms with E-state index < -0.39 is 6.04 Å². The highest BCUT2D eigenvalue weighted by molar-refractivity contribution is 5.82. The second kappa shape index (κ2) is 6.17. The standard InChI is InChI=1S/C15H22N2O2/c1-11-9-17(10-12(2)19-11)15(18)14(16)8-13-6-4-3-5-7-13/h3-7,11-12,14H,8-10,16H2,1-2H3/t11?,12?,14-/m0/s1. The van der Waals surface area contributed by atoms with Crippen LogP contribution in [0.2, 0.25) is 0 Å². The third kappa shape index (κ3) is 3.78. The van der Waals surface area contributed by atoms with E-state index in [-0.39, 0.29) is 18.1 Å². The Kier molecular flexibility index (Phi) is 4.56. The second-order valence-electron chi connectivity index (χ2n) is 5.30. The van der Waals surface area contributed by atoms with Crippen molar-refractivity contribution in [1.82, 2.24) is 4.90 Å². The number of carbonyl (C=O) groups is 1. The van der Waals surface area contributed by atoms with Gasteiger partial charge < -0.3 is 15.4 Å². The van der Waals surface area contributed by atoms with Crippen molar-refractivity contribution in [2.75, 3.05) is 13.1 Å². The number of nitrogens with zero attached hydrogens (tertiary/aromatic N) is 1. The first-order valence-electron chi connectivity index (χ1n) is 6.80. The van der Waals surface area contributed by atoms with Crippen molar-refractivity contribution in [2.45, 2.75) is 38.5 Å². The minimum Gasteiger partial charge on any atom is -0.372 e. The molecule has 19 heavy (non-hydrogen) atoms. The van der Waals surface area contributed by atoms with Crippen LogP contribution in [0.4, 0.5) is 0 Å². The molecule has 1 aromatic carbocycles. The van der Waals surface area contributed by atoms with Crippen LogP contribution in [0.25, 0.3) is 0 Å². The van der Waals surface area contributed by atoms with Gasteiger partial charge in [0.1, 0.15) is 0 Å². The summed E-state index contributed by atoms with van der Waals surface area (Å²) < 4.78 is 5.63. The van der Waals surface area contributed by atoms with E-state index >= 15 is 0 Å². The Balaban J connectivity index is 1.95. The molecule has 1 aliphatic rings. The second-order valence-corrected chi connectivity index (χ2v) is 5.30. The maximum atomic E-state index is 12.3. The van der Waals surface area contributed by atoms with Crippen LogP contribution in [0.5, 0.6) is 0 Å². The number of amides is 1. The molecular weight excluding hydrogens is 240 g/mol. The average molecular weight is 262 g/mol. The van der Waals surface area contributed by atoms with Gasteiger partial charge in [-0.25, -0.2) is 0 Å². The Bertz CT molecular complexity index is 411. The summed E-state index contributed by atoms with van der Waals surface area (Å²) >= 11 is 0. The molecule has 3 atom stereocenters. The van der Waals surface area contributed by atoms with Crippen LogP contribution in [-0.2, 0) is 16.0 Å². The molecule has 1 fully saturated rings. The summed E-state index contributed by atoms with van der Waals surface area (Å²) in [5, 5.41) is 0. The Morgan fingerprint density at radius 2 is 1.89 bits per heavy atom. The minimum absolute atomic E-state index is 0.0193. The maximum Gasteiger partial charge on any atom is 0.240 e. The molecule has 4 nitrogen and oxygen atoms in total. The molecule has 0 aromatic heterocycles. The highest BCUT2D eigenvalue weighted by Crippen LogP contribution is 2.12. The van der Waals surface area contributed by atoms with Gasteiger partial charge in [-0.15, -0.1) is 0 Å². The molecule has 4 heteroatoms. The zero-order chi connectivity index (χ0) is 13.8. The molecule has 0 bridgehead atoms. The van der Waals surface area contributed by atoms with Crippen molar-refractivity contribution in [3.8, 4) is 0 Å². The van der Waals surface area contributed by atoms with E-state index in [0.29, 0.717) is 19.5 Å². The van der Waals surface area contributed by atoms with Crippen LogP contribution in [0, 0.1) is 0 Å². The monoisotopic (exact) mass is 262 g/mol. The van der Waals surface area contributed by atoms with Crippen molar-refractivity contribution >= 4 is 5.91 Å². The van der Waals surface area contributed by atoms with E-state index in [9.17, 15) is 4.79 Å². The van der Waals surface area contributed by atoms with Crippen LogP contribution in [0.3, 0.4) is 0 Å². The Morgan fingerprint density at radius 3 is 2.47 bits per heavy atom. The molecule has 0 saturated carbocycles. The molecule has 1 aromatic rings. The van der Waals surface area contributed by atoms with Crippen LogP contribution >= 0.6 is 0 Å². The summed E-state index contributed by atoms with van der Waals surface area (Å²) in [5.41, 5.74) is 7.13. The third-order valence-electron chi connectivity index (χ3n) is 3.35. The van der Waals surface area contributed by atoms with Gasteiger partial charge in [0.05, 0.1) is 18.2 Å². The summed E-state index contributed by atoms with van der Waals surface area (Å²) in [5.74, 6) is 0.0193. The molecule has 0 spiro atoms. The SMILES string of the molecule is CC1CN(C(=O)[C@@H](N)Cc2ccccc2)CC(C)O1. The molecule has 0 aliphatic carbocycles. The van der Waals surface area contributed by atoms with Gasteiger partial charge in [0.2, 0.25) is 5.91 Å². The smallest absolute Gasteiger partial charge is 0.240 e. The lowest BCUT2D eigenvalue weighted by Gasteiger charge is -2.36. The predicted octanol–water partition coefficient (Wildman–Crippen LogP) is 1.19. The number of carbonyl (C=O) groups excluding carboxylic acids is 1. The van der Waals surface area contributed by atoms with Gasteiger partial charge >= 0.3 is 0 Å². The molecule has 1 saturated heterocycles. The van der Waals surface area contributed by atoms with Gasteiger partial charge in [0.15, 0.2) is 0 Å². The molecule has 2 unspecified atom stereocenters. The Hall–Kier alpha value is -1.39. The van der Waals surface area contributed by atoms with Gasteiger partial charge in [0, 0.05) is 13.1 Å². The first-order valence-corrected chi connectivity index (χ1v) is 6.80. The van der Waals surface area contributed by atoms with Crippen molar-refractivity contribution < 1.29 is 9.53 Å². The van der Waals surface area contributed by atoms with Crippen LogP contribution in [0.1, 0.15) is 19.4 Å². The summed E-state index contributed by atoms with van der Waals surface area (Å²) in [7, 11) is 0. The number of ether oxygens (including phenoxy) is 1. The molecule has 2 rings (SSSR count). The molecule has 1 heterocycles. The fraction of sp³-hybridized carbons (Fsp3) is 0.533. The quantitative estimate of drug-likeness (QED) is 0.890. The van der Waals surface area contributed by atoms with E-state index in [1.54, 1.807) is 0 Å². The van der Waals surface area contributed by atoms with Crippen molar-refractivity contribution in [2.24, 2.45) is 5.73 Å². The third-order valence-corrected chi connectivity index (χ3v) is 3.35. The van der Waals surface area contributed by atoms with Gasteiger partial charge in [-0.05, 0) is 25.8 Å². The molecule has 104 valence electrons. The lowest BCUT2D eigenvalue weighted by molar-refractivity contribution is -0.144. The van der Waals surface area contributed by atoms with E-state index in [4.69, 9.17) is 10.5 Å². The van der Waals surface area contributed by atoms with E-state index in [1.165, 1.54) is 0 Å². The van der Waals surface area contributed by atoms with Crippen molar-refractivity contribution in [3.63, 3.8) is 0 Å². The fourth-order valence-corrected chi connectivity index (χ4v) is 2.55.